The van der Waals surface area contributed by atoms with Crippen LogP contribution in [0.25, 0.3) is 69.9 Å². The SMILES string of the molecule is Brc1ccccc1-c1ccccc1-c1ccc2c3ccccc3n(-c3ccc4c(c3)sc3ccccc34)c2c1. The summed E-state index contributed by atoms with van der Waals surface area (Å²) >= 11 is 5.64. The third-order valence-electron chi connectivity index (χ3n) is 7.70. The van der Waals surface area contributed by atoms with Gasteiger partial charge in [0.05, 0.1) is 11.0 Å². The van der Waals surface area contributed by atoms with Gasteiger partial charge in [-0.2, -0.15) is 0 Å². The van der Waals surface area contributed by atoms with Crippen LogP contribution in [0, 0.1) is 0 Å². The van der Waals surface area contributed by atoms with Crippen molar-refractivity contribution >= 4 is 69.2 Å². The molecule has 8 rings (SSSR count). The maximum Gasteiger partial charge on any atom is 0.0547 e. The van der Waals surface area contributed by atoms with Gasteiger partial charge in [0.1, 0.15) is 0 Å². The number of fused-ring (bicyclic) bond motifs is 6. The van der Waals surface area contributed by atoms with Crippen molar-refractivity contribution in [2.45, 2.75) is 0 Å². The number of halogens is 1. The summed E-state index contributed by atoms with van der Waals surface area (Å²) in [5.74, 6) is 0. The lowest BCUT2D eigenvalue weighted by molar-refractivity contribution is 1.19. The average Bonchev–Trinajstić information content (AvgIpc) is 3.52. The first-order valence-corrected chi connectivity index (χ1v) is 14.7. The van der Waals surface area contributed by atoms with Crippen molar-refractivity contribution in [2.75, 3.05) is 0 Å². The third kappa shape index (κ3) is 3.58. The van der Waals surface area contributed by atoms with Gasteiger partial charge in [-0.3, -0.25) is 0 Å². The molecule has 0 spiro atoms. The third-order valence-corrected chi connectivity index (χ3v) is 9.52. The van der Waals surface area contributed by atoms with Gasteiger partial charge in [-0.05, 0) is 58.7 Å². The van der Waals surface area contributed by atoms with Crippen LogP contribution >= 0.6 is 27.3 Å². The van der Waals surface area contributed by atoms with E-state index in [4.69, 9.17) is 0 Å². The van der Waals surface area contributed by atoms with Crippen LogP contribution < -0.4 is 0 Å². The Kier molecular flexibility index (Phi) is 5.22. The second-order valence-corrected chi connectivity index (χ2v) is 11.8. The zero-order valence-electron chi connectivity index (χ0n) is 20.9. The topological polar surface area (TPSA) is 4.93 Å². The summed E-state index contributed by atoms with van der Waals surface area (Å²) in [6.07, 6.45) is 0. The molecule has 2 aromatic heterocycles. The molecule has 0 saturated heterocycles. The molecule has 0 fully saturated rings. The zero-order valence-corrected chi connectivity index (χ0v) is 23.3. The summed E-state index contributed by atoms with van der Waals surface area (Å²) in [4.78, 5) is 0. The van der Waals surface area contributed by atoms with Crippen LogP contribution in [0.1, 0.15) is 0 Å². The molecule has 0 aliphatic heterocycles. The lowest BCUT2D eigenvalue weighted by atomic mass is 9.94. The molecule has 8 aromatic rings. The van der Waals surface area contributed by atoms with E-state index in [1.165, 1.54) is 69.9 Å². The monoisotopic (exact) mass is 579 g/mol. The van der Waals surface area contributed by atoms with Crippen LogP contribution in [0.3, 0.4) is 0 Å². The van der Waals surface area contributed by atoms with E-state index in [1.54, 1.807) is 0 Å². The molecule has 0 aliphatic rings. The summed E-state index contributed by atoms with van der Waals surface area (Å²) in [7, 11) is 0. The van der Waals surface area contributed by atoms with Crippen molar-refractivity contribution in [3.8, 4) is 27.9 Å². The molecule has 0 bridgehead atoms. The molecule has 0 amide bonds. The van der Waals surface area contributed by atoms with Gasteiger partial charge in [-0.15, -0.1) is 11.3 Å². The first-order chi connectivity index (χ1) is 19.3. The van der Waals surface area contributed by atoms with Crippen LogP contribution in [0.2, 0.25) is 0 Å². The summed E-state index contributed by atoms with van der Waals surface area (Å²) in [5.41, 5.74) is 8.49. The Balaban J connectivity index is 1.39. The van der Waals surface area contributed by atoms with E-state index in [1.807, 2.05) is 11.3 Å². The second-order valence-electron chi connectivity index (χ2n) is 9.89. The number of para-hydroxylation sites is 1. The molecule has 0 atom stereocenters. The maximum absolute atomic E-state index is 3.77. The molecule has 6 aromatic carbocycles. The van der Waals surface area contributed by atoms with Crippen molar-refractivity contribution in [3.63, 3.8) is 0 Å². The number of rotatable bonds is 3. The van der Waals surface area contributed by atoms with E-state index >= 15 is 0 Å². The van der Waals surface area contributed by atoms with Crippen LogP contribution in [0.5, 0.6) is 0 Å². The lowest BCUT2D eigenvalue weighted by Crippen LogP contribution is -1.94. The fourth-order valence-electron chi connectivity index (χ4n) is 5.92. The Bertz CT molecular complexity index is 2200. The number of hydrogen-bond donors (Lipinski definition) is 0. The average molecular weight is 581 g/mol. The van der Waals surface area contributed by atoms with Gasteiger partial charge in [0.15, 0.2) is 0 Å². The minimum atomic E-state index is 1.10. The van der Waals surface area contributed by atoms with E-state index in [0.29, 0.717) is 0 Å². The summed E-state index contributed by atoms with van der Waals surface area (Å²) in [6, 6.07) is 48.4. The number of nitrogens with zero attached hydrogens (tertiary/aromatic N) is 1. The fraction of sp³-hybridized carbons (Fsp3) is 0. The second kappa shape index (κ2) is 8.94. The number of hydrogen-bond acceptors (Lipinski definition) is 1. The Hall–Kier alpha value is -4.18. The molecule has 0 aliphatic carbocycles. The molecule has 184 valence electrons. The van der Waals surface area contributed by atoms with Gasteiger partial charge in [0.25, 0.3) is 0 Å². The van der Waals surface area contributed by atoms with Crippen molar-refractivity contribution in [1.82, 2.24) is 4.57 Å². The Labute approximate surface area is 238 Å². The summed E-state index contributed by atoms with van der Waals surface area (Å²) in [5, 5.41) is 5.19. The number of thiophene rings is 1. The van der Waals surface area contributed by atoms with Crippen molar-refractivity contribution in [1.29, 1.82) is 0 Å². The smallest absolute Gasteiger partial charge is 0.0547 e. The molecule has 2 heterocycles. The highest BCUT2D eigenvalue weighted by Crippen LogP contribution is 2.41. The molecule has 39 heavy (non-hydrogen) atoms. The molecular formula is C36H22BrNS. The lowest BCUT2D eigenvalue weighted by Gasteiger charge is -2.13. The van der Waals surface area contributed by atoms with Gasteiger partial charge >= 0.3 is 0 Å². The molecule has 1 nitrogen and oxygen atoms in total. The quantitative estimate of drug-likeness (QED) is 0.196. The first-order valence-electron chi connectivity index (χ1n) is 13.1. The highest BCUT2D eigenvalue weighted by atomic mass is 79.9. The van der Waals surface area contributed by atoms with Crippen LogP contribution in [0.15, 0.2) is 138 Å². The van der Waals surface area contributed by atoms with Gasteiger partial charge in [-0.25, -0.2) is 0 Å². The van der Waals surface area contributed by atoms with Crippen molar-refractivity contribution in [2.24, 2.45) is 0 Å². The van der Waals surface area contributed by atoms with Crippen LogP contribution in [-0.2, 0) is 0 Å². The van der Waals surface area contributed by atoms with Gasteiger partial charge in [-0.1, -0.05) is 113 Å². The predicted octanol–water partition coefficient (Wildman–Crippen LogP) is 11.2. The minimum Gasteiger partial charge on any atom is -0.309 e. The summed E-state index contributed by atoms with van der Waals surface area (Å²) in [6.45, 7) is 0. The van der Waals surface area contributed by atoms with E-state index in [9.17, 15) is 0 Å². The summed E-state index contributed by atoms with van der Waals surface area (Å²) < 4.78 is 6.18. The molecular weight excluding hydrogens is 558 g/mol. The molecule has 0 unspecified atom stereocenters. The van der Waals surface area contributed by atoms with Crippen molar-refractivity contribution in [3.05, 3.63) is 138 Å². The van der Waals surface area contributed by atoms with Crippen LogP contribution in [0.4, 0.5) is 0 Å². The molecule has 0 N–H and O–H groups in total. The Morgan fingerprint density at radius 1 is 0.462 bits per heavy atom. The molecule has 0 radical (unpaired) electrons. The van der Waals surface area contributed by atoms with Gasteiger partial charge in [0.2, 0.25) is 0 Å². The van der Waals surface area contributed by atoms with E-state index in [0.717, 1.165) is 4.47 Å². The maximum atomic E-state index is 3.77. The van der Waals surface area contributed by atoms with E-state index < -0.39 is 0 Å². The molecule has 3 heteroatoms. The normalized spacial score (nSPS) is 11.7. The standard InChI is InChI=1S/C36H22BrNS/c37-32-14-6-3-11-27(32)26-10-2-1-9-25(26)23-17-19-29-28-12-4-7-15-33(28)38(34(29)21-23)24-18-20-31-30-13-5-8-16-35(30)39-36(31)22-24/h1-22H. The number of aromatic nitrogens is 1. The fourth-order valence-corrected chi connectivity index (χ4v) is 7.56. The highest BCUT2D eigenvalue weighted by molar-refractivity contribution is 9.10. The van der Waals surface area contributed by atoms with Gasteiger partial charge in [0, 0.05) is 41.1 Å². The van der Waals surface area contributed by atoms with Gasteiger partial charge < -0.3 is 4.57 Å². The number of benzene rings is 6. The minimum absolute atomic E-state index is 1.10. The largest absolute Gasteiger partial charge is 0.309 e. The molecule has 0 saturated carbocycles. The Morgan fingerprint density at radius 2 is 1.10 bits per heavy atom. The van der Waals surface area contributed by atoms with E-state index in [-0.39, 0.29) is 0 Å². The van der Waals surface area contributed by atoms with Crippen LogP contribution in [-0.4, -0.2) is 4.57 Å². The zero-order chi connectivity index (χ0) is 25.9. The van der Waals surface area contributed by atoms with E-state index in [2.05, 4.69) is 154 Å². The Morgan fingerprint density at radius 3 is 1.97 bits per heavy atom. The predicted molar refractivity (Wildman–Crippen MR) is 172 cm³/mol. The first kappa shape index (κ1) is 22.8. The van der Waals surface area contributed by atoms with Crippen molar-refractivity contribution < 1.29 is 0 Å². The highest BCUT2D eigenvalue weighted by Gasteiger charge is 2.16.